The highest BCUT2D eigenvalue weighted by Crippen LogP contribution is 2.30. The van der Waals surface area contributed by atoms with Gasteiger partial charge in [-0.15, -0.1) is 0 Å². The second kappa shape index (κ2) is 24.3. The molecule has 3 unspecified atom stereocenters. The Balaban J connectivity index is 1.53. The Labute approximate surface area is 389 Å². The predicted molar refractivity (Wildman–Crippen MR) is 254 cm³/mol. The van der Waals surface area contributed by atoms with Crippen LogP contribution in [0.3, 0.4) is 0 Å². The summed E-state index contributed by atoms with van der Waals surface area (Å²) < 4.78 is 12.1. The maximum Gasteiger partial charge on any atom is 0.269 e. The first kappa shape index (κ1) is 53.1. The molecule has 3 aromatic rings. The number of non-ortho nitro benzene ring substituents is 1. The Kier molecular flexibility index (Phi) is 19.6. The third kappa shape index (κ3) is 13.3. The van der Waals surface area contributed by atoms with Crippen molar-refractivity contribution in [3.05, 3.63) is 76.5 Å². The number of hydrogen-bond donors (Lipinski definition) is 3. The molecule has 0 saturated carbocycles. The summed E-state index contributed by atoms with van der Waals surface area (Å²) in [5.41, 5.74) is 1.66. The number of nitro groups is 1. The Morgan fingerprint density at radius 1 is 0.894 bits per heavy atom. The van der Waals surface area contributed by atoms with Gasteiger partial charge in [0.25, 0.3) is 5.69 Å². The van der Waals surface area contributed by atoms with Gasteiger partial charge in [0, 0.05) is 51.8 Å². The van der Waals surface area contributed by atoms with Crippen LogP contribution in [-0.2, 0) is 39.9 Å². The molecule has 17 heteroatoms. The van der Waals surface area contributed by atoms with E-state index in [2.05, 4.69) is 20.9 Å². The highest BCUT2D eigenvalue weighted by atomic mass is 16.6. The molecule has 4 rings (SSSR count). The van der Waals surface area contributed by atoms with E-state index in [0.717, 1.165) is 10.9 Å². The number of nitrogens with one attached hydrogen (secondary N) is 3. The van der Waals surface area contributed by atoms with Gasteiger partial charge >= 0.3 is 0 Å². The normalized spacial score (nSPS) is 17.7. The molecule has 1 saturated heterocycles. The molecule has 2 heterocycles. The first-order chi connectivity index (χ1) is 31.2. The molecule has 1 fully saturated rings. The van der Waals surface area contributed by atoms with Gasteiger partial charge < -0.3 is 35.2 Å². The van der Waals surface area contributed by atoms with Crippen molar-refractivity contribution in [3.8, 4) is 0 Å². The van der Waals surface area contributed by atoms with E-state index < -0.39 is 65.1 Å². The summed E-state index contributed by atoms with van der Waals surface area (Å²) in [5.74, 6) is -2.83. The first-order valence-electron chi connectivity index (χ1n) is 23.0. The molecule has 66 heavy (non-hydrogen) atoms. The van der Waals surface area contributed by atoms with Crippen LogP contribution in [0.25, 0.3) is 10.9 Å². The van der Waals surface area contributed by atoms with Crippen molar-refractivity contribution in [2.75, 3.05) is 47.2 Å². The zero-order valence-corrected chi connectivity index (χ0v) is 40.8. The molecular weight excluding hydrogens is 845 g/mol. The van der Waals surface area contributed by atoms with Crippen LogP contribution < -0.4 is 16.0 Å². The van der Waals surface area contributed by atoms with E-state index in [0.29, 0.717) is 37.1 Å². The third-order valence-corrected chi connectivity index (χ3v) is 13.0. The Hall–Kier alpha value is -5.52. The van der Waals surface area contributed by atoms with Crippen LogP contribution in [0.4, 0.5) is 11.4 Å². The molecule has 2 aromatic carbocycles. The average molecular weight is 917 g/mol. The number of likely N-dealkylation sites (tertiary alicyclic amines) is 1. The number of likely N-dealkylation sites (N-methyl/N-ethyl adjacent to an activating group) is 2. The van der Waals surface area contributed by atoms with Crippen LogP contribution in [0.1, 0.15) is 79.7 Å². The van der Waals surface area contributed by atoms with Crippen molar-refractivity contribution >= 4 is 51.8 Å². The number of amides is 5. The van der Waals surface area contributed by atoms with Crippen molar-refractivity contribution in [3.63, 3.8) is 0 Å². The lowest BCUT2D eigenvalue weighted by Crippen LogP contribution is -2.59. The van der Waals surface area contributed by atoms with Gasteiger partial charge in [0.1, 0.15) is 12.1 Å². The van der Waals surface area contributed by atoms with Crippen LogP contribution in [-0.4, -0.2) is 138 Å². The molecule has 5 amide bonds. The minimum Gasteiger partial charge on any atom is -0.379 e. The number of aromatic nitrogens is 1. The number of nitro benzene ring substituents is 1. The number of benzene rings is 2. The van der Waals surface area contributed by atoms with Gasteiger partial charge in [0.2, 0.25) is 29.5 Å². The number of methoxy groups -OCH3 is 2. The second-order valence-corrected chi connectivity index (χ2v) is 18.6. The van der Waals surface area contributed by atoms with E-state index in [1.165, 1.54) is 32.5 Å². The number of para-hydroxylation sites is 1. The summed E-state index contributed by atoms with van der Waals surface area (Å²) in [4.78, 5) is 91.0. The van der Waals surface area contributed by atoms with Crippen LogP contribution in [0.5, 0.6) is 0 Å². The van der Waals surface area contributed by atoms with Crippen LogP contribution in [0.2, 0.25) is 0 Å². The van der Waals surface area contributed by atoms with Crippen molar-refractivity contribution in [1.29, 1.82) is 0 Å². The SMILES string of the molecule is CC[C@H](C)C([C@@H](CC(=O)N1CCC[C@H]1[C@H](OC)[C@@H](C)C(=O)NC(Cc1ccc([N+](=O)[O-])cc1)C(=O)Nc1cnc2ccccc2c1)OC)N(C)C(=O)C(NC(=O)[C@H](C(C)C)N(C)C)C(C)C. The number of anilines is 1. The fourth-order valence-corrected chi connectivity index (χ4v) is 9.28. The lowest BCUT2D eigenvalue weighted by molar-refractivity contribution is -0.384. The van der Waals surface area contributed by atoms with Gasteiger partial charge in [-0.2, -0.15) is 0 Å². The highest BCUT2D eigenvalue weighted by molar-refractivity contribution is 5.99. The summed E-state index contributed by atoms with van der Waals surface area (Å²) in [6.45, 7) is 13.9. The largest absolute Gasteiger partial charge is 0.379 e. The van der Waals surface area contributed by atoms with Crippen molar-refractivity contribution < 1.29 is 38.4 Å². The smallest absolute Gasteiger partial charge is 0.269 e. The first-order valence-corrected chi connectivity index (χ1v) is 23.0. The van der Waals surface area contributed by atoms with Gasteiger partial charge in [-0.05, 0) is 62.4 Å². The van der Waals surface area contributed by atoms with Crippen LogP contribution in [0, 0.1) is 33.8 Å². The zero-order valence-electron chi connectivity index (χ0n) is 40.8. The van der Waals surface area contributed by atoms with E-state index in [1.807, 2.05) is 84.8 Å². The van der Waals surface area contributed by atoms with Crippen LogP contribution >= 0.6 is 0 Å². The predicted octanol–water partition coefficient (Wildman–Crippen LogP) is 5.46. The van der Waals surface area contributed by atoms with E-state index >= 15 is 0 Å². The molecule has 0 aliphatic carbocycles. The number of ether oxygens (including phenoxy) is 2. The average Bonchev–Trinajstić information content (AvgIpc) is 3.77. The maximum absolute atomic E-state index is 14.5. The minimum absolute atomic E-state index is 0.0133. The molecular formula is C49H72N8O9. The molecule has 1 aliphatic heterocycles. The monoisotopic (exact) mass is 917 g/mol. The molecule has 9 atom stereocenters. The van der Waals surface area contributed by atoms with Crippen molar-refractivity contribution in [2.24, 2.45) is 23.7 Å². The third-order valence-electron chi connectivity index (χ3n) is 13.0. The van der Waals surface area contributed by atoms with E-state index in [-0.39, 0.29) is 54.0 Å². The lowest BCUT2D eigenvalue weighted by atomic mass is 9.89. The van der Waals surface area contributed by atoms with Gasteiger partial charge in [-0.1, -0.05) is 85.2 Å². The molecule has 0 spiro atoms. The second-order valence-electron chi connectivity index (χ2n) is 18.6. The molecule has 1 aliphatic rings. The van der Waals surface area contributed by atoms with E-state index in [4.69, 9.17) is 9.47 Å². The molecule has 3 N–H and O–H groups in total. The number of carbonyl (C=O) groups excluding carboxylic acids is 5. The summed E-state index contributed by atoms with van der Waals surface area (Å²) in [5, 5.41) is 21.0. The molecule has 0 radical (unpaired) electrons. The van der Waals surface area contributed by atoms with Gasteiger partial charge in [0.05, 0.1) is 65.0 Å². The summed E-state index contributed by atoms with van der Waals surface area (Å²) in [6.07, 6.45) is 1.98. The van der Waals surface area contributed by atoms with E-state index in [9.17, 15) is 34.1 Å². The summed E-state index contributed by atoms with van der Waals surface area (Å²) in [6, 6.07) is 11.7. The quantitative estimate of drug-likeness (QED) is 0.0805. The summed E-state index contributed by atoms with van der Waals surface area (Å²) in [7, 11) is 8.41. The molecule has 0 bridgehead atoms. The van der Waals surface area contributed by atoms with E-state index in [1.54, 1.807) is 42.0 Å². The molecule has 362 valence electrons. The number of rotatable bonds is 23. The number of fused-ring (bicyclic) bond motifs is 1. The lowest BCUT2D eigenvalue weighted by Gasteiger charge is -2.41. The fourth-order valence-electron chi connectivity index (χ4n) is 9.28. The highest BCUT2D eigenvalue weighted by Gasteiger charge is 2.43. The van der Waals surface area contributed by atoms with Crippen molar-refractivity contribution in [2.45, 2.75) is 123 Å². The number of carbonyl (C=O) groups is 5. The Morgan fingerprint density at radius 3 is 2.14 bits per heavy atom. The van der Waals surface area contributed by atoms with Gasteiger partial charge in [-0.25, -0.2) is 0 Å². The minimum atomic E-state index is -1.10. The van der Waals surface area contributed by atoms with Crippen molar-refractivity contribution in [1.82, 2.24) is 30.3 Å². The molecule has 17 nitrogen and oxygen atoms in total. The fraction of sp³-hybridized carbons (Fsp3) is 0.592. The molecule has 1 aromatic heterocycles. The maximum atomic E-state index is 14.5. The Morgan fingerprint density at radius 2 is 1.56 bits per heavy atom. The number of hydrogen-bond acceptors (Lipinski definition) is 11. The topological polar surface area (TPSA) is 206 Å². The Bertz CT molecular complexity index is 2120. The number of pyridine rings is 1. The van der Waals surface area contributed by atoms with Gasteiger partial charge in [-0.3, -0.25) is 44.0 Å². The number of nitrogens with zero attached hydrogens (tertiary/aromatic N) is 5. The van der Waals surface area contributed by atoms with Crippen LogP contribution in [0.15, 0.2) is 60.8 Å². The standard InChI is InChI=1S/C49H72N8O9/c1-13-31(6)44(55(10)49(62)42(29(2)3)53-48(61)43(30(4)5)54(8)9)40(65-11)27-41(58)56-24-16-19-39(56)45(66-12)32(7)46(59)52-38(25-33-20-22-36(23-21-33)57(63)64)47(60)51-35-26-34-17-14-15-18-37(34)50-28-35/h14-15,17-18,20-23,26,28-32,38-40,42-45H,13,16,19,24-25,27H2,1-12H3,(H,51,60)(H,52,59)(H,53,61)/t31-,32+,38?,39-,40+,42?,43-,44?,45+/m0/s1. The van der Waals surface area contributed by atoms with Gasteiger partial charge in [0.15, 0.2) is 0 Å². The summed E-state index contributed by atoms with van der Waals surface area (Å²) >= 11 is 0. The zero-order chi connectivity index (χ0) is 49.0.